The second-order valence-corrected chi connectivity index (χ2v) is 10.2. The van der Waals surface area contributed by atoms with Crippen LogP contribution in [0.3, 0.4) is 0 Å². The van der Waals surface area contributed by atoms with E-state index in [-0.39, 0.29) is 17.5 Å². The third-order valence-corrected chi connectivity index (χ3v) is 7.77. The normalized spacial score (nSPS) is 20.0. The number of methoxy groups -OCH3 is 1. The van der Waals surface area contributed by atoms with Crippen molar-refractivity contribution in [3.05, 3.63) is 39.8 Å². The topological polar surface area (TPSA) is 92.7 Å². The average Bonchev–Trinajstić information content (AvgIpc) is 3.33. The van der Waals surface area contributed by atoms with Crippen LogP contribution in [0.4, 0.5) is 0 Å². The van der Waals surface area contributed by atoms with Crippen LogP contribution in [-0.2, 0) is 9.47 Å². The fourth-order valence-electron chi connectivity index (χ4n) is 5.67. The molecule has 0 saturated carbocycles. The molecule has 1 atom stereocenters. The summed E-state index contributed by atoms with van der Waals surface area (Å²) < 4.78 is 12.7. The van der Waals surface area contributed by atoms with Gasteiger partial charge in [0.1, 0.15) is 0 Å². The third kappa shape index (κ3) is 4.79. The maximum atomic E-state index is 13.7. The van der Waals surface area contributed by atoms with Gasteiger partial charge in [0.05, 0.1) is 28.7 Å². The molecule has 36 heavy (non-hydrogen) atoms. The van der Waals surface area contributed by atoms with E-state index in [2.05, 4.69) is 21.9 Å². The Balaban J connectivity index is 1.44. The summed E-state index contributed by atoms with van der Waals surface area (Å²) >= 11 is 0. The molecule has 9 nitrogen and oxygen atoms in total. The van der Waals surface area contributed by atoms with Crippen molar-refractivity contribution in [1.82, 2.24) is 24.6 Å². The number of benzene rings is 1. The molecule has 2 aliphatic heterocycles. The van der Waals surface area contributed by atoms with Gasteiger partial charge in [-0.15, -0.1) is 0 Å². The van der Waals surface area contributed by atoms with Gasteiger partial charge in [0, 0.05) is 63.6 Å². The molecule has 1 N–H and O–H groups in total. The third-order valence-electron chi connectivity index (χ3n) is 7.77. The molecule has 4 heterocycles. The zero-order chi connectivity index (χ0) is 25.2. The van der Waals surface area contributed by atoms with Crippen molar-refractivity contribution in [3.8, 4) is 0 Å². The van der Waals surface area contributed by atoms with E-state index in [1.54, 1.807) is 13.3 Å². The number of aromatic nitrogens is 3. The zero-order valence-corrected chi connectivity index (χ0v) is 21.6. The minimum Gasteiger partial charge on any atom is -0.385 e. The lowest BCUT2D eigenvalue weighted by Gasteiger charge is -2.40. The summed E-state index contributed by atoms with van der Waals surface area (Å²) in [4.78, 5) is 34.0. The van der Waals surface area contributed by atoms with Gasteiger partial charge in [0.15, 0.2) is 0 Å². The molecule has 2 aromatic heterocycles. The first kappa shape index (κ1) is 24.9. The fourth-order valence-corrected chi connectivity index (χ4v) is 5.67. The van der Waals surface area contributed by atoms with Crippen molar-refractivity contribution in [3.63, 3.8) is 0 Å². The standard InChI is InChI=1S/C27H37N5O4/c1-18-14-24-22(25-23(26(33)29-24)16-28-32(25)20-6-12-36-13-7-20)15-21(18)27(34)31-10-9-30(19(2)17-31)8-4-5-11-35-3/h14-16,19-20H,4-13,17H2,1-3H3,(H,29,33)/t19-/m1/s1. The molecule has 0 aliphatic carbocycles. The number of H-pyrrole nitrogens is 1. The number of aromatic amines is 1. The predicted molar refractivity (Wildman–Crippen MR) is 140 cm³/mol. The van der Waals surface area contributed by atoms with Crippen LogP contribution in [-0.4, -0.2) is 89.6 Å². The van der Waals surface area contributed by atoms with Gasteiger partial charge in [-0.05, 0) is 63.8 Å². The first-order chi connectivity index (χ1) is 17.5. The smallest absolute Gasteiger partial charge is 0.259 e. The number of hydrogen-bond acceptors (Lipinski definition) is 6. The van der Waals surface area contributed by atoms with Crippen molar-refractivity contribution in [2.24, 2.45) is 0 Å². The van der Waals surface area contributed by atoms with E-state index < -0.39 is 0 Å². The number of nitrogens with zero attached hydrogens (tertiary/aromatic N) is 4. The number of carbonyl (C=O) groups is 1. The monoisotopic (exact) mass is 495 g/mol. The Morgan fingerprint density at radius 2 is 2.00 bits per heavy atom. The average molecular weight is 496 g/mol. The van der Waals surface area contributed by atoms with E-state index in [0.717, 1.165) is 67.4 Å². The van der Waals surface area contributed by atoms with Crippen LogP contribution >= 0.6 is 0 Å². The Hall–Kier alpha value is -2.75. The molecule has 1 aromatic carbocycles. The highest BCUT2D eigenvalue weighted by atomic mass is 16.5. The highest BCUT2D eigenvalue weighted by molar-refractivity contribution is 6.07. The number of hydrogen-bond donors (Lipinski definition) is 1. The maximum Gasteiger partial charge on any atom is 0.259 e. The molecule has 5 rings (SSSR count). The first-order valence-electron chi connectivity index (χ1n) is 13.1. The van der Waals surface area contributed by atoms with Crippen LogP contribution in [0.1, 0.15) is 54.6 Å². The summed E-state index contributed by atoms with van der Waals surface area (Å²) in [5.41, 5.74) is 2.96. The van der Waals surface area contributed by atoms with Gasteiger partial charge < -0.3 is 19.4 Å². The predicted octanol–water partition coefficient (Wildman–Crippen LogP) is 3.11. The number of ether oxygens (including phenoxy) is 2. The van der Waals surface area contributed by atoms with Crippen LogP contribution in [0.25, 0.3) is 21.8 Å². The van der Waals surface area contributed by atoms with Crippen molar-refractivity contribution < 1.29 is 14.3 Å². The van der Waals surface area contributed by atoms with Gasteiger partial charge in [-0.1, -0.05) is 0 Å². The molecule has 0 radical (unpaired) electrons. The van der Waals surface area contributed by atoms with E-state index in [1.807, 2.05) is 28.6 Å². The summed E-state index contributed by atoms with van der Waals surface area (Å²) in [5.74, 6) is 0.0526. The van der Waals surface area contributed by atoms with Gasteiger partial charge >= 0.3 is 0 Å². The summed E-state index contributed by atoms with van der Waals surface area (Å²) in [5, 5.41) is 6.03. The summed E-state index contributed by atoms with van der Waals surface area (Å²) in [6, 6.07) is 4.38. The van der Waals surface area contributed by atoms with E-state index in [0.29, 0.717) is 43.3 Å². The number of carbonyl (C=O) groups excluding carboxylic acids is 1. The number of aryl methyl sites for hydroxylation is 1. The van der Waals surface area contributed by atoms with Crippen LogP contribution in [0.2, 0.25) is 0 Å². The lowest BCUT2D eigenvalue weighted by molar-refractivity contribution is 0.0505. The number of unbranched alkanes of at least 4 members (excludes halogenated alkanes) is 1. The molecule has 9 heteroatoms. The lowest BCUT2D eigenvalue weighted by Crippen LogP contribution is -2.53. The van der Waals surface area contributed by atoms with E-state index in [1.165, 1.54) is 0 Å². The van der Waals surface area contributed by atoms with Gasteiger partial charge in [-0.3, -0.25) is 19.2 Å². The molecule has 1 amide bonds. The Kier molecular flexibility index (Phi) is 7.41. The Labute approximate surface area is 211 Å². The largest absolute Gasteiger partial charge is 0.385 e. The molecule has 0 bridgehead atoms. The van der Waals surface area contributed by atoms with E-state index in [9.17, 15) is 9.59 Å². The minimum absolute atomic E-state index is 0.0526. The number of amides is 1. The molecule has 0 spiro atoms. The molecule has 0 unspecified atom stereocenters. The van der Waals surface area contributed by atoms with Crippen molar-refractivity contribution in [1.29, 1.82) is 0 Å². The Bertz CT molecular complexity index is 1290. The Morgan fingerprint density at radius 1 is 1.19 bits per heavy atom. The quantitative estimate of drug-likeness (QED) is 0.507. The van der Waals surface area contributed by atoms with Crippen molar-refractivity contribution in [2.75, 3.05) is 53.1 Å². The number of rotatable bonds is 7. The van der Waals surface area contributed by atoms with Crippen LogP contribution in [0.15, 0.2) is 23.1 Å². The number of piperazine rings is 1. The number of nitrogens with one attached hydrogen (secondary N) is 1. The SMILES string of the molecule is COCCCCN1CCN(C(=O)c2cc3c(cc2C)[nH]c(=O)c2cnn(C4CCOCC4)c23)C[C@H]1C. The summed E-state index contributed by atoms with van der Waals surface area (Å²) in [6.45, 7) is 9.64. The highest BCUT2D eigenvalue weighted by Gasteiger charge is 2.28. The zero-order valence-electron chi connectivity index (χ0n) is 21.6. The lowest BCUT2D eigenvalue weighted by atomic mass is 10.0. The maximum absolute atomic E-state index is 13.7. The van der Waals surface area contributed by atoms with E-state index >= 15 is 0 Å². The molecular weight excluding hydrogens is 458 g/mol. The van der Waals surface area contributed by atoms with Crippen molar-refractivity contribution >= 4 is 27.7 Å². The Morgan fingerprint density at radius 3 is 2.75 bits per heavy atom. The van der Waals surface area contributed by atoms with Crippen molar-refractivity contribution in [2.45, 2.75) is 51.6 Å². The number of pyridine rings is 1. The van der Waals surface area contributed by atoms with Gasteiger partial charge in [-0.2, -0.15) is 5.10 Å². The van der Waals surface area contributed by atoms with Crippen LogP contribution in [0.5, 0.6) is 0 Å². The molecule has 194 valence electrons. The molecule has 3 aromatic rings. The first-order valence-corrected chi connectivity index (χ1v) is 13.1. The second kappa shape index (κ2) is 10.7. The minimum atomic E-state index is -0.148. The number of fused-ring (bicyclic) bond motifs is 3. The molecule has 2 aliphatic rings. The van der Waals surface area contributed by atoms with Gasteiger partial charge in [-0.25, -0.2) is 0 Å². The molecule has 2 fully saturated rings. The van der Waals surface area contributed by atoms with Crippen LogP contribution in [0, 0.1) is 6.92 Å². The van der Waals surface area contributed by atoms with E-state index in [4.69, 9.17) is 9.47 Å². The fraction of sp³-hybridized carbons (Fsp3) is 0.593. The second-order valence-electron chi connectivity index (χ2n) is 10.2. The summed E-state index contributed by atoms with van der Waals surface area (Å²) in [6.07, 6.45) is 5.52. The summed E-state index contributed by atoms with van der Waals surface area (Å²) in [7, 11) is 1.74. The van der Waals surface area contributed by atoms with Gasteiger partial charge in [0.2, 0.25) is 0 Å². The molecule has 2 saturated heterocycles. The molecular formula is C27H37N5O4. The highest BCUT2D eigenvalue weighted by Crippen LogP contribution is 2.30. The van der Waals surface area contributed by atoms with Crippen LogP contribution < -0.4 is 5.56 Å². The van der Waals surface area contributed by atoms with Gasteiger partial charge in [0.25, 0.3) is 11.5 Å².